The predicted molar refractivity (Wildman–Crippen MR) is 84.3 cm³/mol. The van der Waals surface area contributed by atoms with Gasteiger partial charge in [-0.05, 0) is 6.42 Å². The molecule has 19 heavy (non-hydrogen) atoms. The molecule has 2 rings (SSSR count). The standard InChI is InChI=1S/C14H24N4S/c1-5-11-16-12(15-4)10-13(17-11)18-7-6-14(2,3)19-9-8-18/h10H,5-9H2,1-4H3,(H,15,16,17). The first-order valence-electron chi connectivity index (χ1n) is 6.98. The Morgan fingerprint density at radius 2 is 2.16 bits per heavy atom. The van der Waals surface area contributed by atoms with Crippen molar-refractivity contribution in [3.05, 3.63) is 11.9 Å². The van der Waals surface area contributed by atoms with Gasteiger partial charge in [-0.25, -0.2) is 9.97 Å². The average molecular weight is 280 g/mol. The number of nitrogens with one attached hydrogen (secondary N) is 1. The highest BCUT2D eigenvalue weighted by Gasteiger charge is 2.24. The van der Waals surface area contributed by atoms with Gasteiger partial charge < -0.3 is 10.2 Å². The van der Waals surface area contributed by atoms with Gasteiger partial charge in [-0.3, -0.25) is 0 Å². The molecule has 2 heterocycles. The van der Waals surface area contributed by atoms with Crippen LogP contribution in [0.3, 0.4) is 0 Å². The third kappa shape index (κ3) is 3.75. The lowest BCUT2D eigenvalue weighted by Gasteiger charge is -2.24. The molecule has 0 aliphatic carbocycles. The summed E-state index contributed by atoms with van der Waals surface area (Å²) in [4.78, 5) is 11.5. The lowest BCUT2D eigenvalue weighted by Crippen LogP contribution is -2.28. The highest BCUT2D eigenvalue weighted by molar-refractivity contribution is 8.00. The molecule has 106 valence electrons. The molecule has 1 saturated heterocycles. The molecular weight excluding hydrogens is 256 g/mol. The molecule has 1 aliphatic heterocycles. The highest BCUT2D eigenvalue weighted by Crippen LogP contribution is 2.32. The van der Waals surface area contributed by atoms with E-state index in [0.717, 1.165) is 42.7 Å². The van der Waals surface area contributed by atoms with Gasteiger partial charge in [0.2, 0.25) is 0 Å². The van der Waals surface area contributed by atoms with E-state index in [1.807, 2.05) is 7.05 Å². The van der Waals surface area contributed by atoms with Crippen LogP contribution < -0.4 is 10.2 Å². The van der Waals surface area contributed by atoms with Crippen LogP contribution >= 0.6 is 11.8 Å². The zero-order valence-electron chi connectivity index (χ0n) is 12.4. The Hall–Kier alpha value is -0.970. The summed E-state index contributed by atoms with van der Waals surface area (Å²) in [7, 11) is 1.91. The minimum Gasteiger partial charge on any atom is -0.373 e. The van der Waals surface area contributed by atoms with Crippen LogP contribution in [0.25, 0.3) is 0 Å². The first kappa shape index (κ1) is 14.4. The third-order valence-electron chi connectivity index (χ3n) is 3.49. The number of rotatable bonds is 3. The molecule has 0 aromatic carbocycles. The van der Waals surface area contributed by atoms with Crippen LogP contribution in [0.1, 0.15) is 33.0 Å². The fraction of sp³-hybridized carbons (Fsp3) is 0.714. The molecule has 0 radical (unpaired) electrons. The third-order valence-corrected chi connectivity index (χ3v) is 4.87. The monoisotopic (exact) mass is 280 g/mol. The average Bonchev–Trinajstić information content (AvgIpc) is 2.59. The van der Waals surface area contributed by atoms with E-state index in [4.69, 9.17) is 0 Å². The van der Waals surface area contributed by atoms with Crippen LogP contribution in [0, 0.1) is 0 Å². The van der Waals surface area contributed by atoms with Gasteiger partial charge in [0.1, 0.15) is 17.5 Å². The second kappa shape index (κ2) is 5.99. The van der Waals surface area contributed by atoms with Crippen molar-refractivity contribution < 1.29 is 0 Å². The minimum atomic E-state index is 0.376. The Labute approximate surface area is 120 Å². The Balaban J connectivity index is 2.21. The zero-order chi connectivity index (χ0) is 13.9. The lowest BCUT2D eigenvalue weighted by atomic mass is 10.1. The zero-order valence-corrected chi connectivity index (χ0v) is 13.2. The first-order chi connectivity index (χ1) is 9.04. The van der Waals surface area contributed by atoms with Gasteiger partial charge in [-0.2, -0.15) is 11.8 Å². The summed E-state index contributed by atoms with van der Waals surface area (Å²) < 4.78 is 0.376. The molecular formula is C14H24N4S. The first-order valence-corrected chi connectivity index (χ1v) is 7.97. The summed E-state index contributed by atoms with van der Waals surface area (Å²) in [5, 5.41) is 3.13. The van der Waals surface area contributed by atoms with Crippen LogP contribution in [0.5, 0.6) is 0 Å². The van der Waals surface area contributed by atoms with Crippen LogP contribution in [0.15, 0.2) is 6.07 Å². The summed E-state index contributed by atoms with van der Waals surface area (Å²) in [6.07, 6.45) is 2.06. The summed E-state index contributed by atoms with van der Waals surface area (Å²) in [5.41, 5.74) is 0. The molecule has 1 aromatic rings. The van der Waals surface area contributed by atoms with Gasteiger partial charge >= 0.3 is 0 Å². The molecule has 0 bridgehead atoms. The van der Waals surface area contributed by atoms with Crippen molar-refractivity contribution in [1.82, 2.24) is 9.97 Å². The Bertz CT molecular complexity index is 411. The molecule has 1 fully saturated rings. The maximum absolute atomic E-state index is 4.68. The van der Waals surface area contributed by atoms with E-state index in [2.05, 4.69) is 58.8 Å². The summed E-state index contributed by atoms with van der Waals surface area (Å²) in [6, 6.07) is 2.06. The van der Waals surface area contributed by atoms with Crippen LogP contribution in [0.2, 0.25) is 0 Å². The molecule has 1 N–H and O–H groups in total. The van der Waals surface area contributed by atoms with E-state index in [1.165, 1.54) is 6.42 Å². The fourth-order valence-corrected chi connectivity index (χ4v) is 3.28. The number of hydrogen-bond acceptors (Lipinski definition) is 5. The minimum absolute atomic E-state index is 0.376. The van der Waals surface area contributed by atoms with E-state index < -0.39 is 0 Å². The normalized spacial score (nSPS) is 19.1. The van der Waals surface area contributed by atoms with Gasteiger partial charge in [0.15, 0.2) is 0 Å². The van der Waals surface area contributed by atoms with Crippen molar-refractivity contribution in [2.75, 3.05) is 36.1 Å². The van der Waals surface area contributed by atoms with E-state index in [1.54, 1.807) is 0 Å². The molecule has 1 aliphatic rings. The number of anilines is 2. The second-order valence-electron chi connectivity index (χ2n) is 5.48. The smallest absolute Gasteiger partial charge is 0.134 e. The molecule has 0 amide bonds. The van der Waals surface area contributed by atoms with E-state index in [9.17, 15) is 0 Å². The summed E-state index contributed by atoms with van der Waals surface area (Å²) in [5.74, 6) is 4.05. The second-order valence-corrected chi connectivity index (χ2v) is 7.28. The van der Waals surface area contributed by atoms with Crippen molar-refractivity contribution in [2.24, 2.45) is 0 Å². The number of aromatic nitrogens is 2. The Morgan fingerprint density at radius 3 is 2.84 bits per heavy atom. The van der Waals surface area contributed by atoms with E-state index in [-0.39, 0.29) is 0 Å². The van der Waals surface area contributed by atoms with Gasteiger partial charge in [-0.15, -0.1) is 0 Å². The number of hydrogen-bond donors (Lipinski definition) is 1. The molecule has 0 saturated carbocycles. The predicted octanol–water partition coefficient (Wildman–Crippen LogP) is 2.80. The van der Waals surface area contributed by atoms with Crippen molar-refractivity contribution in [1.29, 1.82) is 0 Å². The maximum Gasteiger partial charge on any atom is 0.134 e. The Kier molecular flexibility index (Phi) is 4.55. The highest BCUT2D eigenvalue weighted by atomic mass is 32.2. The topological polar surface area (TPSA) is 41.1 Å². The summed E-state index contributed by atoms with van der Waals surface area (Å²) in [6.45, 7) is 8.90. The molecule has 5 heteroatoms. The van der Waals surface area contributed by atoms with Gasteiger partial charge in [0.25, 0.3) is 0 Å². The van der Waals surface area contributed by atoms with Crippen LogP contribution in [-0.2, 0) is 6.42 Å². The SMILES string of the molecule is CCc1nc(NC)cc(N2CCSC(C)(C)CC2)n1. The quantitative estimate of drug-likeness (QED) is 0.922. The van der Waals surface area contributed by atoms with E-state index in [0.29, 0.717) is 4.75 Å². The van der Waals surface area contributed by atoms with Gasteiger partial charge in [0, 0.05) is 43.1 Å². The summed E-state index contributed by atoms with van der Waals surface area (Å²) >= 11 is 2.06. The molecule has 0 unspecified atom stereocenters. The number of nitrogens with zero attached hydrogens (tertiary/aromatic N) is 3. The molecule has 4 nitrogen and oxygen atoms in total. The van der Waals surface area contributed by atoms with Crippen molar-refractivity contribution >= 4 is 23.4 Å². The number of aryl methyl sites for hydroxylation is 1. The molecule has 0 spiro atoms. The van der Waals surface area contributed by atoms with Crippen LogP contribution in [-0.4, -0.2) is 40.6 Å². The number of thioether (sulfide) groups is 1. The lowest BCUT2D eigenvalue weighted by molar-refractivity contribution is 0.634. The maximum atomic E-state index is 4.68. The van der Waals surface area contributed by atoms with Gasteiger partial charge in [-0.1, -0.05) is 20.8 Å². The largest absolute Gasteiger partial charge is 0.373 e. The van der Waals surface area contributed by atoms with Crippen molar-refractivity contribution in [3.63, 3.8) is 0 Å². The molecule has 0 atom stereocenters. The van der Waals surface area contributed by atoms with Crippen molar-refractivity contribution in [3.8, 4) is 0 Å². The van der Waals surface area contributed by atoms with E-state index >= 15 is 0 Å². The van der Waals surface area contributed by atoms with Crippen LogP contribution in [0.4, 0.5) is 11.6 Å². The van der Waals surface area contributed by atoms with Crippen molar-refractivity contribution in [2.45, 2.75) is 38.4 Å². The fourth-order valence-electron chi connectivity index (χ4n) is 2.18. The van der Waals surface area contributed by atoms with Gasteiger partial charge in [0.05, 0.1) is 0 Å². The Morgan fingerprint density at radius 1 is 1.37 bits per heavy atom. The molecule has 1 aromatic heterocycles.